The number of likely N-dealkylation sites (N-methyl/N-ethyl adjacent to an activating group) is 1. The van der Waals surface area contributed by atoms with Gasteiger partial charge in [0.05, 0.1) is 11.5 Å². The number of hydrogen-bond acceptors (Lipinski definition) is 5. The molecule has 7 nitrogen and oxygen atoms in total. The second-order valence-electron chi connectivity index (χ2n) is 5.05. The van der Waals surface area contributed by atoms with Crippen LogP contribution in [0, 0.1) is 0 Å². The molecule has 0 heterocycles. The van der Waals surface area contributed by atoms with Crippen molar-refractivity contribution >= 4 is 28.3 Å². The summed E-state index contributed by atoms with van der Waals surface area (Å²) in [6.07, 6.45) is 0.0900. The first kappa shape index (κ1) is 22.6. The summed E-state index contributed by atoms with van der Waals surface area (Å²) in [5, 5.41) is 5.73. The van der Waals surface area contributed by atoms with Crippen molar-refractivity contribution in [3.05, 3.63) is 24.3 Å². The van der Waals surface area contributed by atoms with Crippen LogP contribution in [0.5, 0.6) is 5.75 Å². The SMILES string of the molecule is CCOc1ccc(S(=O)(=O)NCCC(=O)NCC(C)NC)cc1.Cl. The van der Waals surface area contributed by atoms with Crippen molar-refractivity contribution in [3.8, 4) is 5.75 Å². The molecule has 1 aromatic carbocycles. The summed E-state index contributed by atoms with van der Waals surface area (Å²) in [5.41, 5.74) is 0. The molecule has 0 bridgehead atoms. The van der Waals surface area contributed by atoms with Gasteiger partial charge in [-0.3, -0.25) is 4.79 Å². The van der Waals surface area contributed by atoms with Crippen LogP contribution in [-0.2, 0) is 14.8 Å². The first-order valence-electron chi connectivity index (χ1n) is 7.55. The minimum atomic E-state index is -3.62. The molecule has 0 aliphatic heterocycles. The predicted octanol–water partition coefficient (Wildman–Crippen LogP) is 0.900. The van der Waals surface area contributed by atoms with Crippen LogP contribution in [0.4, 0.5) is 0 Å². The van der Waals surface area contributed by atoms with Gasteiger partial charge < -0.3 is 15.4 Å². The number of benzene rings is 1. The minimum Gasteiger partial charge on any atom is -0.494 e. The van der Waals surface area contributed by atoms with Crippen LogP contribution >= 0.6 is 12.4 Å². The van der Waals surface area contributed by atoms with Crippen LogP contribution in [0.3, 0.4) is 0 Å². The Balaban J connectivity index is 0.00000529. The first-order valence-corrected chi connectivity index (χ1v) is 9.04. The second kappa shape index (κ2) is 11.2. The Morgan fingerprint density at radius 3 is 2.42 bits per heavy atom. The maximum absolute atomic E-state index is 12.1. The van der Waals surface area contributed by atoms with Crippen molar-refractivity contribution in [3.63, 3.8) is 0 Å². The Kier molecular flexibility index (Phi) is 10.6. The molecule has 24 heavy (non-hydrogen) atoms. The van der Waals surface area contributed by atoms with Crippen molar-refractivity contribution in [1.82, 2.24) is 15.4 Å². The van der Waals surface area contributed by atoms with E-state index in [9.17, 15) is 13.2 Å². The van der Waals surface area contributed by atoms with Gasteiger partial charge in [0.25, 0.3) is 0 Å². The molecular weight excluding hydrogens is 354 g/mol. The van der Waals surface area contributed by atoms with Crippen molar-refractivity contribution in [2.45, 2.75) is 31.2 Å². The number of carbonyl (C=O) groups is 1. The van der Waals surface area contributed by atoms with E-state index in [4.69, 9.17) is 4.74 Å². The molecule has 0 saturated carbocycles. The quantitative estimate of drug-likeness (QED) is 0.561. The number of hydrogen-bond donors (Lipinski definition) is 3. The maximum Gasteiger partial charge on any atom is 0.240 e. The van der Waals surface area contributed by atoms with E-state index in [0.717, 1.165) is 0 Å². The summed E-state index contributed by atoms with van der Waals surface area (Å²) >= 11 is 0. The van der Waals surface area contributed by atoms with Gasteiger partial charge in [-0.2, -0.15) is 0 Å². The molecule has 0 fully saturated rings. The molecule has 1 atom stereocenters. The van der Waals surface area contributed by atoms with Gasteiger partial charge in [0.15, 0.2) is 0 Å². The lowest BCUT2D eigenvalue weighted by Crippen LogP contribution is -2.38. The number of carbonyl (C=O) groups excluding carboxylic acids is 1. The van der Waals surface area contributed by atoms with Gasteiger partial charge in [0.2, 0.25) is 15.9 Å². The zero-order valence-electron chi connectivity index (χ0n) is 14.2. The molecule has 1 aromatic rings. The molecule has 0 saturated heterocycles. The van der Waals surface area contributed by atoms with Crippen molar-refractivity contribution in [1.29, 1.82) is 0 Å². The van der Waals surface area contributed by atoms with Gasteiger partial charge in [-0.15, -0.1) is 12.4 Å². The van der Waals surface area contributed by atoms with E-state index in [1.165, 1.54) is 12.1 Å². The third-order valence-corrected chi connectivity index (χ3v) is 4.66. The molecule has 138 valence electrons. The molecule has 1 amide bonds. The smallest absolute Gasteiger partial charge is 0.240 e. The average molecular weight is 380 g/mol. The van der Waals surface area contributed by atoms with Gasteiger partial charge in [0.1, 0.15) is 5.75 Å². The van der Waals surface area contributed by atoms with Crippen molar-refractivity contribution < 1.29 is 17.9 Å². The number of amides is 1. The van der Waals surface area contributed by atoms with E-state index >= 15 is 0 Å². The largest absolute Gasteiger partial charge is 0.494 e. The Morgan fingerprint density at radius 1 is 1.25 bits per heavy atom. The average Bonchev–Trinajstić information content (AvgIpc) is 2.53. The Hall–Kier alpha value is -1.35. The summed E-state index contributed by atoms with van der Waals surface area (Å²) < 4.78 is 31.9. The second-order valence-corrected chi connectivity index (χ2v) is 6.81. The number of rotatable bonds is 10. The van der Waals surface area contributed by atoms with Crippen LogP contribution in [-0.4, -0.2) is 47.1 Å². The summed E-state index contributed by atoms with van der Waals surface area (Å²) in [4.78, 5) is 11.8. The highest BCUT2D eigenvalue weighted by Crippen LogP contribution is 2.15. The van der Waals surface area contributed by atoms with Crippen molar-refractivity contribution in [2.24, 2.45) is 0 Å². The lowest BCUT2D eigenvalue weighted by Gasteiger charge is -2.12. The van der Waals surface area contributed by atoms with E-state index in [-0.39, 0.29) is 42.2 Å². The van der Waals surface area contributed by atoms with Crippen LogP contribution in [0.1, 0.15) is 20.3 Å². The standard InChI is InChI=1S/C15H25N3O4S.ClH/c1-4-22-13-5-7-14(8-6-13)23(20,21)18-10-9-15(19)17-11-12(2)16-3;/h5-8,12,16,18H,4,9-11H2,1-3H3,(H,17,19);1H. The van der Waals surface area contributed by atoms with Gasteiger partial charge in [0, 0.05) is 25.6 Å². The Bertz CT molecular complexity index is 593. The summed E-state index contributed by atoms with van der Waals surface area (Å²) in [6, 6.07) is 6.32. The van der Waals surface area contributed by atoms with Crippen molar-refractivity contribution in [2.75, 3.05) is 26.7 Å². The molecule has 0 spiro atoms. The number of sulfonamides is 1. The van der Waals surface area contributed by atoms with E-state index in [1.54, 1.807) is 12.1 Å². The van der Waals surface area contributed by atoms with Gasteiger partial charge in [-0.1, -0.05) is 0 Å². The highest BCUT2D eigenvalue weighted by molar-refractivity contribution is 7.89. The van der Waals surface area contributed by atoms with Crippen LogP contribution in [0.15, 0.2) is 29.2 Å². The summed E-state index contributed by atoms with van der Waals surface area (Å²) in [6.45, 7) is 4.87. The zero-order valence-corrected chi connectivity index (χ0v) is 15.8. The third kappa shape index (κ3) is 7.96. The molecular formula is C15H26ClN3O4S. The van der Waals surface area contributed by atoms with Crippen LogP contribution in [0.2, 0.25) is 0 Å². The Labute approximate surface area is 150 Å². The lowest BCUT2D eigenvalue weighted by molar-refractivity contribution is -0.121. The van der Waals surface area contributed by atoms with E-state index in [0.29, 0.717) is 18.9 Å². The topological polar surface area (TPSA) is 96.5 Å². The highest BCUT2D eigenvalue weighted by atomic mass is 35.5. The lowest BCUT2D eigenvalue weighted by atomic mass is 10.3. The van der Waals surface area contributed by atoms with Gasteiger partial charge >= 0.3 is 0 Å². The third-order valence-electron chi connectivity index (χ3n) is 3.19. The molecule has 1 unspecified atom stereocenters. The highest BCUT2D eigenvalue weighted by Gasteiger charge is 2.14. The predicted molar refractivity (Wildman–Crippen MR) is 96.2 cm³/mol. The van der Waals surface area contributed by atoms with Crippen LogP contribution < -0.4 is 20.1 Å². The molecule has 9 heteroatoms. The zero-order chi connectivity index (χ0) is 17.3. The molecule has 1 rings (SSSR count). The first-order chi connectivity index (χ1) is 10.9. The number of halogens is 1. The molecule has 0 aliphatic rings. The normalized spacial score (nSPS) is 12.1. The fourth-order valence-corrected chi connectivity index (χ4v) is 2.75. The summed E-state index contributed by atoms with van der Waals surface area (Å²) in [7, 11) is -1.81. The van der Waals surface area contributed by atoms with E-state index in [2.05, 4.69) is 15.4 Å². The molecule has 3 N–H and O–H groups in total. The van der Waals surface area contributed by atoms with Gasteiger partial charge in [-0.25, -0.2) is 13.1 Å². The monoisotopic (exact) mass is 379 g/mol. The fraction of sp³-hybridized carbons (Fsp3) is 0.533. The summed E-state index contributed by atoms with van der Waals surface area (Å²) in [5.74, 6) is 0.422. The van der Waals surface area contributed by atoms with Gasteiger partial charge in [-0.05, 0) is 45.2 Å². The molecule has 0 aromatic heterocycles. The molecule has 0 radical (unpaired) electrons. The van der Waals surface area contributed by atoms with Crippen LogP contribution in [0.25, 0.3) is 0 Å². The Morgan fingerprint density at radius 2 is 1.88 bits per heavy atom. The maximum atomic E-state index is 12.1. The fourth-order valence-electron chi connectivity index (χ4n) is 1.72. The van der Waals surface area contributed by atoms with E-state index < -0.39 is 10.0 Å². The van der Waals surface area contributed by atoms with E-state index in [1.807, 2.05) is 20.9 Å². The molecule has 0 aliphatic carbocycles. The number of nitrogens with one attached hydrogen (secondary N) is 3. The minimum absolute atomic E-state index is 0. The number of ether oxygens (including phenoxy) is 1.